The second-order valence-electron chi connectivity index (χ2n) is 15.7. The molecule has 0 radical (unpaired) electrons. The van der Waals surface area contributed by atoms with Crippen LogP contribution in [0.4, 0.5) is 17.1 Å². The Morgan fingerprint density at radius 2 is 0.906 bits per heavy atom. The van der Waals surface area contributed by atoms with Crippen LogP contribution in [0.5, 0.6) is 0 Å². The molecule has 4 heteroatoms. The number of para-hydroxylation sites is 2. The van der Waals surface area contributed by atoms with Gasteiger partial charge in [0.2, 0.25) is 0 Å². The highest BCUT2D eigenvalue weighted by molar-refractivity contribution is 5.88. The van der Waals surface area contributed by atoms with E-state index in [0.717, 1.165) is 34.1 Å². The van der Waals surface area contributed by atoms with Crippen molar-refractivity contribution >= 4 is 17.1 Å². The monoisotopic (exact) mass is 684 g/mol. The maximum Gasteiger partial charge on any atom is 0.164 e. The third-order valence-electron chi connectivity index (χ3n) is 12.9. The highest BCUT2D eigenvalue weighted by Crippen LogP contribution is 2.69. The van der Waals surface area contributed by atoms with Crippen molar-refractivity contribution in [1.82, 2.24) is 15.0 Å². The SMILES string of the molecule is c1ccc(-c2cccc(-c3nc(-c4ccccc4)nc(-c4ccc5c(c4)C4(c6ccccc6N5c5ccccc5)C5CC6CC(C5)CC4C6)n3)c2)cc1. The van der Waals surface area contributed by atoms with E-state index in [1.165, 1.54) is 65.9 Å². The van der Waals surface area contributed by atoms with Crippen molar-refractivity contribution in [2.75, 3.05) is 4.90 Å². The Kier molecular flexibility index (Phi) is 7.01. The molecule has 4 saturated carbocycles. The third kappa shape index (κ3) is 4.85. The molecule has 0 atom stereocenters. The van der Waals surface area contributed by atoms with E-state index in [1.54, 1.807) is 0 Å². The van der Waals surface area contributed by atoms with Gasteiger partial charge in [0.25, 0.3) is 0 Å². The zero-order valence-electron chi connectivity index (χ0n) is 29.6. The minimum atomic E-state index is -0.0389. The van der Waals surface area contributed by atoms with Crippen molar-refractivity contribution in [3.63, 3.8) is 0 Å². The number of hydrogen-bond acceptors (Lipinski definition) is 4. The molecule has 6 aromatic carbocycles. The van der Waals surface area contributed by atoms with Crippen LogP contribution in [-0.2, 0) is 5.41 Å². The summed E-state index contributed by atoms with van der Waals surface area (Å²) in [5, 5.41) is 0. The Hall–Kier alpha value is -5.87. The Labute approximate surface area is 311 Å². The molecule has 12 rings (SSSR count). The number of rotatable bonds is 5. The van der Waals surface area contributed by atoms with Gasteiger partial charge in [0.15, 0.2) is 17.5 Å². The molecule has 0 saturated heterocycles. The highest BCUT2D eigenvalue weighted by atomic mass is 15.2. The van der Waals surface area contributed by atoms with E-state index in [9.17, 15) is 0 Å². The minimum Gasteiger partial charge on any atom is -0.310 e. The van der Waals surface area contributed by atoms with Gasteiger partial charge in [-0.1, -0.05) is 115 Å². The zero-order chi connectivity index (χ0) is 34.9. The maximum absolute atomic E-state index is 5.29. The van der Waals surface area contributed by atoms with Crippen molar-refractivity contribution in [2.24, 2.45) is 23.7 Å². The first-order valence-corrected chi connectivity index (χ1v) is 19.3. The molecule has 0 N–H and O–H groups in total. The molecular formula is C49H40N4. The summed E-state index contributed by atoms with van der Waals surface area (Å²) < 4.78 is 0. The highest BCUT2D eigenvalue weighted by Gasteiger charge is 2.61. The van der Waals surface area contributed by atoms with E-state index in [0.29, 0.717) is 29.3 Å². The minimum absolute atomic E-state index is 0.0389. The summed E-state index contributed by atoms with van der Waals surface area (Å²) in [5.74, 6) is 5.06. The molecule has 0 unspecified atom stereocenters. The van der Waals surface area contributed by atoms with Crippen molar-refractivity contribution in [1.29, 1.82) is 0 Å². The summed E-state index contributed by atoms with van der Waals surface area (Å²) in [6, 6.07) is 56.8. The Bertz CT molecular complexity index is 2450. The molecule has 4 nitrogen and oxygen atoms in total. The topological polar surface area (TPSA) is 41.9 Å². The summed E-state index contributed by atoms with van der Waals surface area (Å²) >= 11 is 0. The zero-order valence-corrected chi connectivity index (χ0v) is 29.6. The fraction of sp³-hybridized carbons (Fsp3) is 0.204. The first-order valence-electron chi connectivity index (χ1n) is 19.3. The summed E-state index contributed by atoms with van der Waals surface area (Å²) in [4.78, 5) is 18.2. The molecule has 5 aliphatic rings. The van der Waals surface area contributed by atoms with Gasteiger partial charge in [0.05, 0.1) is 11.4 Å². The van der Waals surface area contributed by atoms with Crippen LogP contribution in [0.3, 0.4) is 0 Å². The summed E-state index contributed by atoms with van der Waals surface area (Å²) in [5.41, 5.74) is 12.0. The van der Waals surface area contributed by atoms with Gasteiger partial charge in [0.1, 0.15) is 0 Å². The molecule has 4 fully saturated rings. The van der Waals surface area contributed by atoms with Gasteiger partial charge in [-0.15, -0.1) is 0 Å². The van der Waals surface area contributed by atoms with Crippen molar-refractivity contribution in [2.45, 2.75) is 37.5 Å². The largest absolute Gasteiger partial charge is 0.310 e. The van der Waals surface area contributed by atoms with Crippen LogP contribution < -0.4 is 4.90 Å². The van der Waals surface area contributed by atoms with Crippen molar-refractivity contribution in [3.8, 4) is 45.3 Å². The number of aromatic nitrogens is 3. The standard InChI is InChI=1S/C49H40N4/c1-4-13-34(14-5-1)36-17-12-18-37(30-36)47-50-46(35-15-6-2-7-16-35)51-48(52-47)38-23-24-45-43(31-38)49(39-26-32-25-33(28-39)29-40(49)27-32)42-21-10-11-22-44(42)53(45)41-19-8-3-9-20-41/h1-24,30-33,39-40H,25-29H2. The Balaban J connectivity index is 1.13. The molecule has 1 aromatic heterocycles. The Morgan fingerprint density at radius 1 is 0.396 bits per heavy atom. The first kappa shape index (κ1) is 30.7. The van der Waals surface area contributed by atoms with Gasteiger partial charge in [0, 0.05) is 27.8 Å². The number of fused-ring (bicyclic) bond motifs is 2. The average molecular weight is 685 g/mol. The molecular weight excluding hydrogens is 645 g/mol. The van der Waals surface area contributed by atoms with Gasteiger partial charge < -0.3 is 4.90 Å². The quantitative estimate of drug-likeness (QED) is 0.181. The predicted octanol–water partition coefficient (Wildman–Crippen LogP) is 12.1. The summed E-state index contributed by atoms with van der Waals surface area (Å²) in [7, 11) is 0. The smallest absolute Gasteiger partial charge is 0.164 e. The van der Waals surface area contributed by atoms with Crippen LogP contribution >= 0.6 is 0 Å². The van der Waals surface area contributed by atoms with Crippen LogP contribution in [0, 0.1) is 23.7 Å². The van der Waals surface area contributed by atoms with Crippen LogP contribution in [-0.4, -0.2) is 15.0 Å². The van der Waals surface area contributed by atoms with Gasteiger partial charge >= 0.3 is 0 Å². The third-order valence-corrected chi connectivity index (χ3v) is 12.9. The van der Waals surface area contributed by atoms with E-state index < -0.39 is 0 Å². The van der Waals surface area contributed by atoms with E-state index in [4.69, 9.17) is 15.0 Å². The van der Waals surface area contributed by atoms with Gasteiger partial charge in [-0.05, 0) is 120 Å². The molecule has 53 heavy (non-hydrogen) atoms. The van der Waals surface area contributed by atoms with E-state index >= 15 is 0 Å². The van der Waals surface area contributed by atoms with Gasteiger partial charge in [-0.3, -0.25) is 0 Å². The lowest BCUT2D eigenvalue weighted by molar-refractivity contribution is -0.0419. The summed E-state index contributed by atoms with van der Waals surface area (Å²) in [6.07, 6.45) is 6.71. The molecule has 1 spiro atoms. The molecule has 7 aromatic rings. The number of hydrogen-bond donors (Lipinski definition) is 0. The van der Waals surface area contributed by atoms with Crippen LogP contribution in [0.15, 0.2) is 158 Å². The number of anilines is 3. The van der Waals surface area contributed by atoms with E-state index in [2.05, 4.69) is 157 Å². The fourth-order valence-corrected chi connectivity index (χ4v) is 11.0. The maximum atomic E-state index is 5.29. The fourth-order valence-electron chi connectivity index (χ4n) is 11.0. The van der Waals surface area contributed by atoms with Gasteiger partial charge in [-0.25, -0.2) is 15.0 Å². The van der Waals surface area contributed by atoms with Crippen LogP contribution in [0.1, 0.15) is 43.2 Å². The molecule has 4 bridgehead atoms. The van der Waals surface area contributed by atoms with E-state index in [1.807, 2.05) is 6.07 Å². The lowest BCUT2D eigenvalue weighted by atomic mass is 9.41. The molecule has 1 aliphatic heterocycles. The van der Waals surface area contributed by atoms with Crippen LogP contribution in [0.25, 0.3) is 45.3 Å². The second-order valence-corrected chi connectivity index (χ2v) is 15.7. The van der Waals surface area contributed by atoms with Crippen molar-refractivity contribution < 1.29 is 0 Å². The normalized spacial score (nSPS) is 23.5. The first-order chi connectivity index (χ1) is 26.2. The lowest BCUT2D eigenvalue weighted by Crippen LogP contribution is -2.57. The molecule has 4 aliphatic carbocycles. The summed E-state index contributed by atoms with van der Waals surface area (Å²) in [6.45, 7) is 0. The van der Waals surface area contributed by atoms with Crippen LogP contribution in [0.2, 0.25) is 0 Å². The molecule has 0 amide bonds. The lowest BCUT2D eigenvalue weighted by Gasteiger charge is -2.64. The predicted molar refractivity (Wildman–Crippen MR) is 214 cm³/mol. The number of nitrogens with zero attached hydrogens (tertiary/aromatic N) is 4. The second kappa shape index (κ2) is 12.1. The van der Waals surface area contributed by atoms with E-state index in [-0.39, 0.29) is 5.41 Å². The molecule has 2 heterocycles. The Morgan fingerprint density at radius 3 is 1.58 bits per heavy atom. The van der Waals surface area contributed by atoms with Crippen molar-refractivity contribution in [3.05, 3.63) is 169 Å². The van der Waals surface area contributed by atoms with Gasteiger partial charge in [-0.2, -0.15) is 0 Å². The average Bonchev–Trinajstić information content (AvgIpc) is 3.22. The number of benzene rings is 6. The molecule has 256 valence electrons.